The predicted octanol–water partition coefficient (Wildman–Crippen LogP) is 3.60. The summed E-state index contributed by atoms with van der Waals surface area (Å²) >= 11 is 0. The molecular formula is C23H29N3O4. The van der Waals surface area contributed by atoms with Crippen molar-refractivity contribution in [2.24, 2.45) is 5.92 Å². The van der Waals surface area contributed by atoms with Crippen LogP contribution < -0.4 is 4.74 Å². The van der Waals surface area contributed by atoms with Crippen molar-refractivity contribution in [3.05, 3.63) is 59.9 Å². The minimum absolute atomic E-state index is 0.109. The van der Waals surface area contributed by atoms with Crippen LogP contribution in [0.3, 0.4) is 0 Å². The molecule has 30 heavy (non-hydrogen) atoms. The first-order valence-corrected chi connectivity index (χ1v) is 10.2. The summed E-state index contributed by atoms with van der Waals surface area (Å²) in [6.07, 6.45) is 1.50. The van der Waals surface area contributed by atoms with Crippen molar-refractivity contribution in [2.75, 3.05) is 26.8 Å². The Morgan fingerprint density at radius 2 is 2.00 bits per heavy atom. The number of hydrogen-bond donors (Lipinski definition) is 0. The average molecular weight is 412 g/mol. The van der Waals surface area contributed by atoms with Crippen LogP contribution in [0, 0.1) is 5.92 Å². The third-order valence-electron chi connectivity index (χ3n) is 5.67. The molecule has 0 aliphatic carbocycles. The van der Waals surface area contributed by atoms with Crippen molar-refractivity contribution in [1.29, 1.82) is 0 Å². The van der Waals surface area contributed by atoms with Gasteiger partial charge in [-0.25, -0.2) is 4.79 Å². The molecule has 2 aliphatic heterocycles. The fourth-order valence-electron chi connectivity index (χ4n) is 4.26. The number of benzene rings is 1. The molecule has 2 unspecified atom stereocenters. The zero-order chi connectivity index (χ0) is 21.4. The van der Waals surface area contributed by atoms with E-state index in [0.717, 1.165) is 17.0 Å². The van der Waals surface area contributed by atoms with E-state index in [1.807, 2.05) is 68.3 Å². The van der Waals surface area contributed by atoms with E-state index in [1.165, 1.54) is 0 Å². The van der Waals surface area contributed by atoms with E-state index >= 15 is 0 Å². The van der Waals surface area contributed by atoms with E-state index in [1.54, 1.807) is 18.2 Å². The number of likely N-dealkylation sites (tertiary alicyclic amines) is 1. The summed E-state index contributed by atoms with van der Waals surface area (Å²) in [6, 6.07) is 13.8. The predicted molar refractivity (Wildman–Crippen MR) is 112 cm³/mol. The third kappa shape index (κ3) is 3.87. The Hall–Kier alpha value is -2.64. The van der Waals surface area contributed by atoms with Crippen molar-refractivity contribution in [2.45, 2.75) is 38.5 Å². The van der Waals surface area contributed by atoms with Crippen molar-refractivity contribution in [3.63, 3.8) is 0 Å². The van der Waals surface area contributed by atoms with Crippen molar-refractivity contribution >= 4 is 6.09 Å². The molecule has 2 aliphatic rings. The van der Waals surface area contributed by atoms with Crippen molar-refractivity contribution in [1.82, 2.24) is 14.9 Å². The standard InChI is InChI=1S/C23H29N3O4/c1-22(2,3)30-21(27)25-14-18-15-29-26(13-17-8-10-19(28-4)11-9-17)23(18,16-25)20-7-5-6-12-24-20/h5-12,18H,13-16H2,1-4H3. The van der Waals surface area contributed by atoms with Gasteiger partial charge in [-0.05, 0) is 50.6 Å². The molecule has 7 nitrogen and oxygen atoms in total. The summed E-state index contributed by atoms with van der Waals surface area (Å²) in [5.74, 6) is 0.925. The zero-order valence-electron chi connectivity index (χ0n) is 18.0. The number of nitrogens with zero attached hydrogens (tertiary/aromatic N) is 3. The van der Waals surface area contributed by atoms with Crippen LogP contribution in [0.2, 0.25) is 0 Å². The smallest absolute Gasteiger partial charge is 0.410 e. The number of hydroxylamine groups is 2. The second-order valence-corrected chi connectivity index (χ2v) is 8.88. The summed E-state index contributed by atoms with van der Waals surface area (Å²) in [5.41, 5.74) is 0.958. The Balaban J connectivity index is 1.63. The number of carbonyl (C=O) groups is 1. The molecule has 7 heteroatoms. The van der Waals surface area contributed by atoms with Gasteiger partial charge in [-0.1, -0.05) is 18.2 Å². The molecule has 2 fully saturated rings. The first-order valence-electron chi connectivity index (χ1n) is 10.2. The van der Waals surface area contributed by atoms with Gasteiger partial charge in [0.25, 0.3) is 0 Å². The molecular weight excluding hydrogens is 382 g/mol. The van der Waals surface area contributed by atoms with E-state index in [4.69, 9.17) is 14.3 Å². The van der Waals surface area contributed by atoms with E-state index in [2.05, 4.69) is 4.98 Å². The Bertz CT molecular complexity index is 882. The van der Waals surface area contributed by atoms with Crippen LogP contribution in [-0.2, 0) is 21.7 Å². The van der Waals surface area contributed by atoms with E-state index in [-0.39, 0.29) is 12.0 Å². The molecule has 3 heterocycles. The highest BCUT2D eigenvalue weighted by Gasteiger charge is 2.59. The monoisotopic (exact) mass is 411 g/mol. The molecule has 1 amide bonds. The van der Waals surface area contributed by atoms with Gasteiger partial charge in [0.05, 0.1) is 32.5 Å². The van der Waals surface area contributed by atoms with Gasteiger partial charge in [0, 0.05) is 18.7 Å². The summed E-state index contributed by atoms with van der Waals surface area (Å²) in [7, 11) is 1.66. The van der Waals surface area contributed by atoms with Gasteiger partial charge in [0.15, 0.2) is 0 Å². The van der Waals surface area contributed by atoms with E-state index in [9.17, 15) is 4.79 Å². The van der Waals surface area contributed by atoms with Crippen molar-refractivity contribution in [3.8, 4) is 5.75 Å². The number of hydrogen-bond acceptors (Lipinski definition) is 6. The fourth-order valence-corrected chi connectivity index (χ4v) is 4.26. The number of carbonyl (C=O) groups excluding carboxylic acids is 1. The molecule has 2 atom stereocenters. The lowest BCUT2D eigenvalue weighted by molar-refractivity contribution is -0.177. The highest BCUT2D eigenvalue weighted by molar-refractivity contribution is 5.69. The normalized spacial score (nSPS) is 24.0. The van der Waals surface area contributed by atoms with Gasteiger partial charge in [-0.2, -0.15) is 5.06 Å². The quantitative estimate of drug-likeness (QED) is 0.766. The molecule has 0 spiro atoms. The van der Waals surface area contributed by atoms with Crippen LogP contribution >= 0.6 is 0 Å². The number of ether oxygens (including phenoxy) is 2. The number of rotatable bonds is 4. The molecule has 2 aromatic rings. The Morgan fingerprint density at radius 1 is 1.23 bits per heavy atom. The fraction of sp³-hybridized carbons (Fsp3) is 0.478. The topological polar surface area (TPSA) is 64.1 Å². The van der Waals surface area contributed by atoms with Gasteiger partial charge < -0.3 is 14.4 Å². The summed E-state index contributed by atoms with van der Waals surface area (Å²) in [6.45, 7) is 7.82. The maximum Gasteiger partial charge on any atom is 0.410 e. The minimum atomic E-state index is -0.535. The highest BCUT2D eigenvalue weighted by Crippen LogP contribution is 2.47. The Morgan fingerprint density at radius 3 is 2.63 bits per heavy atom. The van der Waals surface area contributed by atoms with E-state index in [0.29, 0.717) is 26.2 Å². The number of methoxy groups -OCH3 is 1. The Kier molecular flexibility index (Phi) is 5.42. The van der Waals surface area contributed by atoms with Crippen molar-refractivity contribution < 1.29 is 19.1 Å². The number of amides is 1. The van der Waals surface area contributed by atoms with Crippen LogP contribution in [0.5, 0.6) is 5.75 Å². The molecule has 0 N–H and O–H groups in total. The summed E-state index contributed by atoms with van der Waals surface area (Å²) in [4.78, 5) is 25.4. The summed E-state index contributed by atoms with van der Waals surface area (Å²) in [5, 5.41) is 1.99. The van der Waals surface area contributed by atoms with Crippen LogP contribution in [0.4, 0.5) is 4.79 Å². The first-order chi connectivity index (χ1) is 14.3. The second-order valence-electron chi connectivity index (χ2n) is 8.88. The van der Waals surface area contributed by atoms with Gasteiger partial charge in [0.1, 0.15) is 16.9 Å². The zero-order valence-corrected chi connectivity index (χ0v) is 18.0. The SMILES string of the molecule is COc1ccc(CN2OCC3CN(C(=O)OC(C)(C)C)CC32c2ccccn2)cc1. The number of aromatic nitrogens is 1. The van der Waals surface area contributed by atoms with Crippen LogP contribution in [0.1, 0.15) is 32.0 Å². The molecule has 1 aromatic carbocycles. The third-order valence-corrected chi connectivity index (χ3v) is 5.67. The molecule has 0 bridgehead atoms. The lowest BCUT2D eigenvalue weighted by Gasteiger charge is -2.36. The molecule has 4 rings (SSSR count). The molecule has 2 saturated heterocycles. The summed E-state index contributed by atoms with van der Waals surface area (Å²) < 4.78 is 10.9. The minimum Gasteiger partial charge on any atom is -0.497 e. The Labute approximate surface area is 177 Å². The van der Waals surface area contributed by atoms with Crippen LogP contribution in [0.15, 0.2) is 48.7 Å². The van der Waals surface area contributed by atoms with Gasteiger partial charge >= 0.3 is 6.09 Å². The average Bonchev–Trinajstić information content (AvgIpc) is 3.26. The highest BCUT2D eigenvalue weighted by atomic mass is 16.7. The second kappa shape index (κ2) is 7.89. The maximum absolute atomic E-state index is 12.8. The number of fused-ring (bicyclic) bond motifs is 1. The van der Waals surface area contributed by atoms with E-state index < -0.39 is 11.1 Å². The lowest BCUT2D eigenvalue weighted by Crippen LogP contribution is -2.47. The van der Waals surface area contributed by atoms with Gasteiger partial charge in [-0.15, -0.1) is 0 Å². The first kappa shape index (κ1) is 20.6. The van der Waals surface area contributed by atoms with Crippen LogP contribution in [-0.4, -0.2) is 53.4 Å². The molecule has 0 saturated carbocycles. The lowest BCUT2D eigenvalue weighted by atomic mass is 9.84. The van der Waals surface area contributed by atoms with Gasteiger partial charge in [0.2, 0.25) is 0 Å². The molecule has 0 radical (unpaired) electrons. The maximum atomic E-state index is 12.8. The molecule has 1 aromatic heterocycles. The molecule has 160 valence electrons. The number of pyridine rings is 1. The van der Waals surface area contributed by atoms with Crippen LogP contribution in [0.25, 0.3) is 0 Å². The largest absolute Gasteiger partial charge is 0.497 e. The van der Waals surface area contributed by atoms with Gasteiger partial charge in [-0.3, -0.25) is 9.82 Å².